The van der Waals surface area contributed by atoms with Crippen LogP contribution in [-0.2, 0) is 0 Å². The van der Waals surface area contributed by atoms with Gasteiger partial charge < -0.3 is 0 Å². The Morgan fingerprint density at radius 1 is 1.13 bits per heavy atom. The molecule has 0 aliphatic heterocycles. The van der Waals surface area contributed by atoms with E-state index in [1.807, 2.05) is 0 Å². The quantitative estimate of drug-likeness (QED) is 0.628. The molecule has 15 heavy (non-hydrogen) atoms. The lowest BCUT2D eigenvalue weighted by molar-refractivity contribution is 0.715. The zero-order chi connectivity index (χ0) is 10.7. The van der Waals surface area contributed by atoms with Crippen molar-refractivity contribution in [2.45, 2.75) is 32.6 Å². The lowest BCUT2D eigenvalue weighted by atomic mass is 9.92. The Morgan fingerprint density at radius 2 is 2.00 bits per heavy atom. The van der Waals surface area contributed by atoms with Gasteiger partial charge in [0, 0.05) is 0 Å². The van der Waals surface area contributed by atoms with Crippen LogP contribution in [0.5, 0.6) is 0 Å². The van der Waals surface area contributed by atoms with Gasteiger partial charge in [-0.3, -0.25) is 0 Å². The first-order valence-corrected chi connectivity index (χ1v) is 5.65. The SMILES string of the molecule is CC1=CCC(c2cccc(C)c2)CC=C1. The molecule has 2 rings (SSSR count). The van der Waals surface area contributed by atoms with Crippen molar-refractivity contribution < 1.29 is 0 Å². The normalized spacial score (nSPS) is 20.9. The fourth-order valence-corrected chi connectivity index (χ4v) is 2.11. The molecule has 1 atom stereocenters. The van der Waals surface area contributed by atoms with E-state index in [0.717, 1.165) is 6.42 Å². The Balaban J connectivity index is 2.21. The topological polar surface area (TPSA) is 0 Å². The number of benzene rings is 1. The van der Waals surface area contributed by atoms with Crippen molar-refractivity contribution >= 4 is 0 Å². The minimum absolute atomic E-state index is 0.665. The third-order valence-corrected chi connectivity index (χ3v) is 3.04. The van der Waals surface area contributed by atoms with E-state index in [4.69, 9.17) is 0 Å². The van der Waals surface area contributed by atoms with Crippen molar-refractivity contribution in [3.63, 3.8) is 0 Å². The molecule has 0 fully saturated rings. The monoisotopic (exact) mass is 198 g/mol. The maximum atomic E-state index is 2.34. The summed E-state index contributed by atoms with van der Waals surface area (Å²) in [5, 5.41) is 0. The van der Waals surface area contributed by atoms with Crippen molar-refractivity contribution in [3.05, 3.63) is 59.2 Å². The Bertz CT molecular complexity index is 396. The van der Waals surface area contributed by atoms with Crippen molar-refractivity contribution in [1.29, 1.82) is 0 Å². The van der Waals surface area contributed by atoms with Gasteiger partial charge in [0.25, 0.3) is 0 Å². The predicted molar refractivity (Wildman–Crippen MR) is 66.1 cm³/mol. The average molecular weight is 198 g/mol. The van der Waals surface area contributed by atoms with Crippen LogP contribution in [0.15, 0.2) is 48.1 Å². The summed E-state index contributed by atoms with van der Waals surface area (Å²) in [6.45, 7) is 4.34. The van der Waals surface area contributed by atoms with E-state index in [0.29, 0.717) is 5.92 Å². The highest BCUT2D eigenvalue weighted by atomic mass is 14.1. The first-order chi connectivity index (χ1) is 7.25. The van der Waals surface area contributed by atoms with Crippen LogP contribution >= 0.6 is 0 Å². The number of hydrogen-bond donors (Lipinski definition) is 0. The van der Waals surface area contributed by atoms with Crippen LogP contribution in [0.4, 0.5) is 0 Å². The summed E-state index contributed by atoms with van der Waals surface area (Å²) in [4.78, 5) is 0. The van der Waals surface area contributed by atoms with E-state index < -0.39 is 0 Å². The summed E-state index contributed by atoms with van der Waals surface area (Å²) < 4.78 is 0. The van der Waals surface area contributed by atoms with E-state index in [1.54, 1.807) is 0 Å². The molecule has 0 nitrogen and oxygen atoms in total. The Morgan fingerprint density at radius 3 is 2.80 bits per heavy atom. The number of hydrogen-bond acceptors (Lipinski definition) is 0. The lowest BCUT2D eigenvalue weighted by Crippen LogP contribution is -1.95. The van der Waals surface area contributed by atoms with E-state index in [9.17, 15) is 0 Å². The number of allylic oxidation sites excluding steroid dienone is 4. The Labute approximate surface area is 92.3 Å². The molecule has 78 valence electrons. The maximum Gasteiger partial charge on any atom is -0.00924 e. The van der Waals surface area contributed by atoms with Gasteiger partial charge in [-0.1, -0.05) is 53.6 Å². The molecule has 0 saturated heterocycles. The molecule has 0 saturated carbocycles. The van der Waals surface area contributed by atoms with Gasteiger partial charge in [0.15, 0.2) is 0 Å². The molecule has 0 amide bonds. The summed E-state index contributed by atoms with van der Waals surface area (Å²) in [6, 6.07) is 8.89. The zero-order valence-electron chi connectivity index (χ0n) is 9.53. The zero-order valence-corrected chi connectivity index (χ0v) is 9.53. The summed E-state index contributed by atoms with van der Waals surface area (Å²) in [7, 11) is 0. The highest BCUT2D eigenvalue weighted by Crippen LogP contribution is 2.27. The highest BCUT2D eigenvalue weighted by molar-refractivity contribution is 5.29. The van der Waals surface area contributed by atoms with Gasteiger partial charge in [-0.25, -0.2) is 0 Å². The predicted octanol–water partition coefficient (Wildman–Crippen LogP) is 4.37. The second-order valence-electron chi connectivity index (χ2n) is 4.43. The van der Waals surface area contributed by atoms with Gasteiger partial charge in [-0.15, -0.1) is 0 Å². The molecule has 0 radical (unpaired) electrons. The molecule has 0 spiro atoms. The first kappa shape index (κ1) is 10.2. The summed E-state index contributed by atoms with van der Waals surface area (Å²) in [5.41, 5.74) is 4.23. The van der Waals surface area contributed by atoms with Crippen LogP contribution < -0.4 is 0 Å². The second-order valence-corrected chi connectivity index (χ2v) is 4.43. The fraction of sp³-hybridized carbons (Fsp3) is 0.333. The minimum atomic E-state index is 0.665. The number of rotatable bonds is 1. The largest absolute Gasteiger partial charge is 0.0837 e. The third-order valence-electron chi connectivity index (χ3n) is 3.04. The third kappa shape index (κ3) is 2.59. The van der Waals surface area contributed by atoms with Crippen molar-refractivity contribution in [1.82, 2.24) is 0 Å². The smallest absolute Gasteiger partial charge is 0.00924 e. The molecule has 0 aromatic heterocycles. The summed E-state index contributed by atoms with van der Waals surface area (Å²) in [5.74, 6) is 0.665. The molecule has 1 aromatic rings. The Hall–Kier alpha value is -1.30. The molecule has 1 unspecified atom stereocenters. The molecule has 0 heteroatoms. The van der Waals surface area contributed by atoms with E-state index in [2.05, 4.69) is 56.3 Å². The van der Waals surface area contributed by atoms with Crippen LogP contribution in [-0.4, -0.2) is 0 Å². The van der Waals surface area contributed by atoms with Crippen LogP contribution in [0.25, 0.3) is 0 Å². The molecule has 0 bridgehead atoms. The summed E-state index contributed by atoms with van der Waals surface area (Å²) >= 11 is 0. The maximum absolute atomic E-state index is 2.34. The van der Waals surface area contributed by atoms with E-state index >= 15 is 0 Å². The van der Waals surface area contributed by atoms with E-state index in [1.165, 1.54) is 23.1 Å². The Kier molecular flexibility index (Phi) is 3.05. The average Bonchev–Trinajstić information content (AvgIpc) is 2.43. The van der Waals surface area contributed by atoms with Crippen LogP contribution in [0.3, 0.4) is 0 Å². The van der Waals surface area contributed by atoms with E-state index in [-0.39, 0.29) is 0 Å². The van der Waals surface area contributed by atoms with Gasteiger partial charge >= 0.3 is 0 Å². The van der Waals surface area contributed by atoms with Crippen LogP contribution in [0.1, 0.15) is 36.8 Å². The molecule has 1 aromatic carbocycles. The lowest BCUT2D eigenvalue weighted by Gasteiger charge is -2.13. The minimum Gasteiger partial charge on any atom is -0.0837 e. The molecule has 0 heterocycles. The van der Waals surface area contributed by atoms with Gasteiger partial charge in [0.1, 0.15) is 0 Å². The summed E-state index contributed by atoms with van der Waals surface area (Å²) in [6.07, 6.45) is 9.21. The molecular formula is C15H18. The van der Waals surface area contributed by atoms with Crippen LogP contribution in [0.2, 0.25) is 0 Å². The van der Waals surface area contributed by atoms with Crippen molar-refractivity contribution in [3.8, 4) is 0 Å². The second kappa shape index (κ2) is 4.48. The van der Waals surface area contributed by atoms with Gasteiger partial charge in [0.2, 0.25) is 0 Å². The highest BCUT2D eigenvalue weighted by Gasteiger charge is 2.10. The standard InChI is InChI=1S/C15H18/c1-12-5-3-7-14(10-9-12)15-8-4-6-13(2)11-15/h3-6,8-9,11,14H,7,10H2,1-2H3. The number of aryl methyl sites for hydroxylation is 1. The van der Waals surface area contributed by atoms with Gasteiger partial charge in [-0.2, -0.15) is 0 Å². The van der Waals surface area contributed by atoms with Gasteiger partial charge in [0.05, 0.1) is 0 Å². The molecule has 1 aliphatic rings. The fourth-order valence-electron chi connectivity index (χ4n) is 2.11. The van der Waals surface area contributed by atoms with Crippen molar-refractivity contribution in [2.75, 3.05) is 0 Å². The van der Waals surface area contributed by atoms with Crippen LogP contribution in [0, 0.1) is 6.92 Å². The van der Waals surface area contributed by atoms with Gasteiger partial charge in [-0.05, 0) is 38.2 Å². The molecule has 0 N–H and O–H groups in total. The van der Waals surface area contributed by atoms with Crippen molar-refractivity contribution in [2.24, 2.45) is 0 Å². The molecular weight excluding hydrogens is 180 g/mol. The first-order valence-electron chi connectivity index (χ1n) is 5.65. The molecule has 1 aliphatic carbocycles.